The van der Waals surface area contributed by atoms with Crippen LogP contribution >= 0.6 is 0 Å². The van der Waals surface area contributed by atoms with Crippen molar-refractivity contribution in [1.29, 1.82) is 0 Å². The Bertz CT molecular complexity index is 932. The van der Waals surface area contributed by atoms with E-state index in [1.54, 1.807) is 18.2 Å². The van der Waals surface area contributed by atoms with E-state index in [-0.39, 0.29) is 42.1 Å². The predicted octanol–water partition coefficient (Wildman–Crippen LogP) is 0.409. The van der Waals surface area contributed by atoms with Crippen LogP contribution in [0.3, 0.4) is 0 Å². The van der Waals surface area contributed by atoms with Gasteiger partial charge in [0.25, 0.3) is 11.8 Å². The summed E-state index contributed by atoms with van der Waals surface area (Å²) in [4.78, 5) is 50.1. The van der Waals surface area contributed by atoms with Crippen molar-refractivity contribution < 1.29 is 23.9 Å². The minimum Gasteiger partial charge on any atom is -0.382 e. The third kappa shape index (κ3) is 3.27. The van der Waals surface area contributed by atoms with Gasteiger partial charge in [-0.05, 0) is 43.9 Å². The van der Waals surface area contributed by atoms with Crippen LogP contribution < -0.4 is 16.0 Å². The van der Waals surface area contributed by atoms with E-state index in [0.717, 1.165) is 30.0 Å². The maximum atomic E-state index is 12.9. The molecule has 9 heteroatoms. The van der Waals surface area contributed by atoms with Crippen molar-refractivity contribution in [3.8, 4) is 0 Å². The highest BCUT2D eigenvalue weighted by Gasteiger charge is 2.44. The number of imide groups is 2. The molecule has 1 aliphatic carbocycles. The van der Waals surface area contributed by atoms with Gasteiger partial charge in [0.1, 0.15) is 6.04 Å². The summed E-state index contributed by atoms with van der Waals surface area (Å²) >= 11 is 0. The lowest BCUT2D eigenvalue weighted by Crippen LogP contribution is -2.54. The van der Waals surface area contributed by atoms with Crippen molar-refractivity contribution in [3.05, 3.63) is 29.3 Å². The number of benzene rings is 1. The van der Waals surface area contributed by atoms with Crippen LogP contribution in [-0.2, 0) is 14.3 Å². The lowest BCUT2D eigenvalue weighted by Gasteiger charge is -2.34. The molecule has 3 aliphatic heterocycles. The molecule has 3 N–H and O–H groups in total. The Morgan fingerprint density at radius 3 is 2.73 bits per heavy atom. The van der Waals surface area contributed by atoms with Crippen LogP contribution in [0, 0.1) is 0 Å². The van der Waals surface area contributed by atoms with E-state index in [4.69, 9.17) is 4.74 Å². The summed E-state index contributed by atoms with van der Waals surface area (Å²) in [6, 6.07) is 4.52. The van der Waals surface area contributed by atoms with Crippen LogP contribution in [-0.4, -0.2) is 65.9 Å². The van der Waals surface area contributed by atoms with Crippen LogP contribution in [0.4, 0.5) is 5.69 Å². The second-order valence-corrected chi connectivity index (χ2v) is 8.33. The van der Waals surface area contributed by atoms with Gasteiger partial charge >= 0.3 is 0 Å². The number of ether oxygens (including phenoxy) is 1. The highest BCUT2D eigenvalue weighted by molar-refractivity contribution is 6.23. The van der Waals surface area contributed by atoms with Gasteiger partial charge in [-0.25, -0.2) is 0 Å². The monoisotopic (exact) mass is 412 g/mol. The fourth-order valence-electron chi connectivity index (χ4n) is 4.83. The molecular weight excluding hydrogens is 388 g/mol. The second kappa shape index (κ2) is 7.48. The molecule has 0 radical (unpaired) electrons. The number of hydrogen-bond acceptors (Lipinski definition) is 7. The number of nitrogens with zero attached hydrogens (tertiary/aromatic N) is 1. The summed E-state index contributed by atoms with van der Waals surface area (Å²) in [5, 5.41) is 9.04. The average molecular weight is 412 g/mol. The number of nitrogens with one attached hydrogen (secondary N) is 3. The summed E-state index contributed by atoms with van der Waals surface area (Å²) in [7, 11) is 0. The first-order valence-electron chi connectivity index (χ1n) is 10.5. The van der Waals surface area contributed by atoms with E-state index < -0.39 is 23.8 Å². The summed E-state index contributed by atoms with van der Waals surface area (Å²) in [5.41, 5.74) is 1.27. The molecular formula is C21H24N4O5. The molecule has 1 saturated carbocycles. The topological polar surface area (TPSA) is 117 Å². The van der Waals surface area contributed by atoms with Crippen LogP contribution in [0.1, 0.15) is 52.8 Å². The van der Waals surface area contributed by atoms with Gasteiger partial charge in [0.05, 0.1) is 23.3 Å². The number of fused-ring (bicyclic) bond motifs is 2. The van der Waals surface area contributed by atoms with Crippen LogP contribution in [0.25, 0.3) is 0 Å². The molecule has 9 nitrogen and oxygen atoms in total. The number of anilines is 1. The molecule has 4 aliphatic rings. The lowest BCUT2D eigenvalue weighted by molar-refractivity contribution is -0.136. The molecule has 0 spiro atoms. The van der Waals surface area contributed by atoms with E-state index in [0.29, 0.717) is 12.6 Å². The maximum absolute atomic E-state index is 12.9. The van der Waals surface area contributed by atoms with Crippen molar-refractivity contribution in [2.45, 2.75) is 56.4 Å². The highest BCUT2D eigenvalue weighted by atomic mass is 16.5. The van der Waals surface area contributed by atoms with Crippen molar-refractivity contribution in [3.63, 3.8) is 0 Å². The predicted molar refractivity (Wildman–Crippen MR) is 106 cm³/mol. The minimum absolute atomic E-state index is 0.0370. The Hall–Kier alpha value is -2.78. The molecule has 0 aromatic heterocycles. The molecule has 4 atom stereocenters. The van der Waals surface area contributed by atoms with Crippen LogP contribution in [0.15, 0.2) is 18.2 Å². The lowest BCUT2D eigenvalue weighted by atomic mass is 10.0. The van der Waals surface area contributed by atoms with Crippen molar-refractivity contribution in [2.75, 3.05) is 18.4 Å². The van der Waals surface area contributed by atoms with Crippen molar-refractivity contribution >= 4 is 29.3 Å². The van der Waals surface area contributed by atoms with Crippen LogP contribution in [0.5, 0.6) is 0 Å². The average Bonchev–Trinajstić information content (AvgIpc) is 3.30. The molecule has 1 aromatic carbocycles. The van der Waals surface area contributed by atoms with Gasteiger partial charge in [-0.3, -0.25) is 29.4 Å². The Morgan fingerprint density at radius 1 is 1.07 bits per heavy atom. The normalized spacial score (nSPS) is 30.9. The zero-order valence-electron chi connectivity index (χ0n) is 16.5. The van der Waals surface area contributed by atoms with E-state index in [1.807, 2.05) is 0 Å². The van der Waals surface area contributed by atoms with Gasteiger partial charge in [-0.15, -0.1) is 0 Å². The first kappa shape index (κ1) is 19.2. The number of morpholine rings is 1. The van der Waals surface area contributed by atoms with Gasteiger partial charge in [0.15, 0.2) is 0 Å². The molecule has 30 heavy (non-hydrogen) atoms. The number of carbonyl (C=O) groups excluding carboxylic acids is 4. The molecule has 3 heterocycles. The zero-order chi connectivity index (χ0) is 20.8. The number of hydrogen-bond donors (Lipinski definition) is 3. The molecule has 1 unspecified atom stereocenters. The minimum atomic E-state index is -0.951. The fourth-order valence-corrected chi connectivity index (χ4v) is 4.83. The van der Waals surface area contributed by atoms with Crippen molar-refractivity contribution in [1.82, 2.24) is 15.5 Å². The van der Waals surface area contributed by atoms with E-state index in [2.05, 4.69) is 16.0 Å². The van der Waals surface area contributed by atoms with Crippen LogP contribution in [0.2, 0.25) is 0 Å². The molecule has 158 valence electrons. The van der Waals surface area contributed by atoms with Crippen molar-refractivity contribution in [2.24, 2.45) is 0 Å². The first-order valence-corrected chi connectivity index (χ1v) is 10.5. The smallest absolute Gasteiger partial charge is 0.262 e. The largest absolute Gasteiger partial charge is 0.382 e. The summed E-state index contributed by atoms with van der Waals surface area (Å²) in [6.45, 7) is 1.37. The number of rotatable bonds is 4. The van der Waals surface area contributed by atoms with Gasteiger partial charge in [-0.2, -0.15) is 0 Å². The zero-order valence-corrected chi connectivity index (χ0v) is 16.5. The molecule has 5 rings (SSSR count). The molecule has 4 amide bonds. The fraction of sp³-hybridized carbons (Fsp3) is 0.524. The molecule has 2 saturated heterocycles. The molecule has 3 fully saturated rings. The SMILES string of the molecule is O=C1CCC(N2C(=O)c3ccc(NC[C@@H]4CN[C@H]5CCC[C@@H]5O4)cc3C2=O)C(=O)N1. The van der Waals surface area contributed by atoms with E-state index in [1.165, 1.54) is 6.42 Å². The number of piperidine rings is 1. The first-order chi connectivity index (χ1) is 14.5. The summed E-state index contributed by atoms with van der Waals surface area (Å²) in [6.07, 6.45) is 3.99. The van der Waals surface area contributed by atoms with E-state index in [9.17, 15) is 19.2 Å². The summed E-state index contributed by atoms with van der Waals surface area (Å²) in [5.74, 6) is -1.99. The molecule has 1 aromatic rings. The Morgan fingerprint density at radius 2 is 1.90 bits per heavy atom. The molecule has 0 bridgehead atoms. The highest BCUT2D eigenvalue weighted by Crippen LogP contribution is 2.30. The van der Waals surface area contributed by atoms with E-state index >= 15 is 0 Å². The van der Waals surface area contributed by atoms with Gasteiger partial charge in [0.2, 0.25) is 11.8 Å². The quantitative estimate of drug-likeness (QED) is 0.613. The Labute approximate surface area is 173 Å². The van der Waals surface area contributed by atoms with Gasteiger partial charge in [0, 0.05) is 31.2 Å². The Balaban J connectivity index is 1.27. The summed E-state index contributed by atoms with van der Waals surface area (Å²) < 4.78 is 6.15. The van der Waals surface area contributed by atoms with Gasteiger partial charge < -0.3 is 15.4 Å². The number of amides is 4. The maximum Gasteiger partial charge on any atom is 0.262 e. The third-order valence-corrected chi connectivity index (χ3v) is 6.40. The standard InChI is InChI=1S/C21H24N4O5/c26-18-7-6-16(19(27)24-18)25-20(28)13-5-4-11(8-14(13)21(25)29)22-9-12-10-23-15-2-1-3-17(15)30-12/h4-5,8,12,15-17,22-23H,1-3,6-7,9-10H2,(H,24,26,27)/t12-,15+,16?,17+/m1/s1. The van der Waals surface area contributed by atoms with Gasteiger partial charge in [-0.1, -0.05) is 0 Å². The Kier molecular flexibility index (Phi) is 4.79. The second-order valence-electron chi connectivity index (χ2n) is 8.33. The number of carbonyl (C=O) groups is 4. The third-order valence-electron chi connectivity index (χ3n) is 6.40.